The van der Waals surface area contributed by atoms with Gasteiger partial charge in [0.1, 0.15) is 13.2 Å². The molecule has 238 valence electrons. The van der Waals surface area contributed by atoms with Crippen molar-refractivity contribution >= 4 is 11.9 Å². The number of carbonyl (C=O) groups is 2. The molecule has 2 heterocycles. The molecule has 0 radical (unpaired) electrons. The third kappa shape index (κ3) is 7.09. The van der Waals surface area contributed by atoms with E-state index in [0.29, 0.717) is 73.3 Å². The summed E-state index contributed by atoms with van der Waals surface area (Å²) in [4.78, 5) is 26.2. The van der Waals surface area contributed by atoms with E-state index in [1.54, 1.807) is 26.4 Å². The number of carbonyl (C=O) groups excluding carboxylic acids is 2. The van der Waals surface area contributed by atoms with Crippen LogP contribution in [0.15, 0.2) is 84.9 Å². The molecule has 10 nitrogen and oxygen atoms in total. The number of nitrogens with one attached hydrogen (secondary N) is 2. The van der Waals surface area contributed by atoms with Crippen LogP contribution in [0, 0.1) is 0 Å². The maximum atomic E-state index is 13.1. The number of hydrogen-bond acceptors (Lipinski definition) is 10. The number of ether oxygens (including phenoxy) is 6. The Kier molecular flexibility index (Phi) is 9.66. The fourth-order valence-corrected chi connectivity index (χ4v) is 5.59. The Morgan fingerprint density at radius 3 is 1.41 bits per heavy atom. The zero-order chi connectivity index (χ0) is 31.9. The molecule has 2 aliphatic rings. The van der Waals surface area contributed by atoms with Crippen molar-refractivity contribution in [3.05, 3.63) is 118 Å². The molecule has 2 unspecified atom stereocenters. The van der Waals surface area contributed by atoms with Crippen LogP contribution >= 0.6 is 0 Å². The van der Waals surface area contributed by atoms with E-state index >= 15 is 0 Å². The molecular formula is C36H36N2O8. The lowest BCUT2D eigenvalue weighted by atomic mass is 9.98. The van der Waals surface area contributed by atoms with E-state index < -0.39 is 24.4 Å². The predicted molar refractivity (Wildman–Crippen MR) is 169 cm³/mol. The van der Waals surface area contributed by atoms with Gasteiger partial charge in [-0.05, 0) is 59.4 Å². The van der Waals surface area contributed by atoms with Crippen molar-refractivity contribution in [1.82, 2.24) is 10.6 Å². The van der Waals surface area contributed by atoms with E-state index in [4.69, 9.17) is 28.4 Å². The summed E-state index contributed by atoms with van der Waals surface area (Å²) < 4.78 is 34.6. The lowest BCUT2D eigenvalue weighted by Gasteiger charge is -2.29. The van der Waals surface area contributed by atoms with E-state index in [1.807, 2.05) is 72.8 Å². The first kappa shape index (κ1) is 30.9. The average Bonchev–Trinajstić information content (AvgIpc) is 3.10. The van der Waals surface area contributed by atoms with Crippen LogP contribution in [0.4, 0.5) is 0 Å². The van der Waals surface area contributed by atoms with Gasteiger partial charge in [0, 0.05) is 24.2 Å². The first-order valence-electron chi connectivity index (χ1n) is 15.2. The maximum absolute atomic E-state index is 13.1. The highest BCUT2D eigenvalue weighted by Crippen LogP contribution is 2.38. The molecule has 0 spiro atoms. The van der Waals surface area contributed by atoms with Gasteiger partial charge in [-0.15, -0.1) is 0 Å². The van der Waals surface area contributed by atoms with E-state index in [2.05, 4.69) is 10.6 Å². The van der Waals surface area contributed by atoms with Gasteiger partial charge in [0.15, 0.2) is 35.5 Å². The zero-order valence-electron chi connectivity index (χ0n) is 25.7. The minimum Gasteiger partial charge on any atom is -0.493 e. The fourth-order valence-electron chi connectivity index (χ4n) is 5.59. The molecular weight excluding hydrogens is 588 g/mol. The average molecular weight is 625 g/mol. The smallest absolute Gasteiger partial charge is 0.419 e. The zero-order valence-corrected chi connectivity index (χ0v) is 25.7. The van der Waals surface area contributed by atoms with Gasteiger partial charge in [0.2, 0.25) is 0 Å². The summed E-state index contributed by atoms with van der Waals surface area (Å²) in [5.74, 6) is -0.0761. The SMILES string of the molecule is COc1cc2c(cc1OCc1ccccc1)C(OC(=O)C(=O)OC1NCCc3cc(OC)c(OCc4ccccc4)cc31)NCC2. The molecule has 0 aromatic heterocycles. The van der Waals surface area contributed by atoms with Crippen LogP contribution in [0.3, 0.4) is 0 Å². The molecule has 0 amide bonds. The second kappa shape index (κ2) is 14.4. The number of benzene rings is 4. The predicted octanol–water partition coefficient (Wildman–Crippen LogP) is 4.94. The Labute approximate surface area is 267 Å². The molecule has 10 heteroatoms. The van der Waals surface area contributed by atoms with Crippen molar-refractivity contribution in [3.8, 4) is 23.0 Å². The summed E-state index contributed by atoms with van der Waals surface area (Å²) in [5.41, 5.74) is 5.21. The molecule has 0 fully saturated rings. The number of esters is 2. The minimum absolute atomic E-state index is 0.334. The van der Waals surface area contributed by atoms with Gasteiger partial charge in [-0.1, -0.05) is 60.7 Å². The molecule has 2 aliphatic heterocycles. The Morgan fingerprint density at radius 2 is 1.02 bits per heavy atom. The van der Waals surface area contributed by atoms with E-state index in [0.717, 1.165) is 22.3 Å². The van der Waals surface area contributed by atoms with Gasteiger partial charge >= 0.3 is 11.9 Å². The van der Waals surface area contributed by atoms with Crippen molar-refractivity contribution in [2.75, 3.05) is 27.3 Å². The third-order valence-electron chi connectivity index (χ3n) is 7.95. The first-order valence-corrected chi connectivity index (χ1v) is 15.2. The number of methoxy groups -OCH3 is 2. The third-order valence-corrected chi connectivity index (χ3v) is 7.95. The molecule has 0 saturated heterocycles. The van der Waals surface area contributed by atoms with Gasteiger partial charge < -0.3 is 28.4 Å². The van der Waals surface area contributed by atoms with Gasteiger partial charge in [-0.25, -0.2) is 9.59 Å². The number of rotatable bonds is 10. The second-order valence-corrected chi connectivity index (χ2v) is 10.9. The quantitative estimate of drug-likeness (QED) is 0.186. The van der Waals surface area contributed by atoms with E-state index in [9.17, 15) is 9.59 Å². The van der Waals surface area contributed by atoms with Crippen molar-refractivity contribution in [3.63, 3.8) is 0 Å². The van der Waals surface area contributed by atoms with Crippen molar-refractivity contribution in [2.24, 2.45) is 0 Å². The normalized spacial score (nSPS) is 16.7. The summed E-state index contributed by atoms with van der Waals surface area (Å²) in [6.07, 6.45) is -0.376. The van der Waals surface area contributed by atoms with E-state index in [1.165, 1.54) is 0 Å². The Balaban J connectivity index is 1.15. The van der Waals surface area contributed by atoms with Crippen molar-refractivity contribution in [2.45, 2.75) is 38.5 Å². The molecule has 46 heavy (non-hydrogen) atoms. The van der Waals surface area contributed by atoms with E-state index in [-0.39, 0.29) is 0 Å². The number of hydrogen-bond donors (Lipinski definition) is 2. The minimum atomic E-state index is -1.11. The maximum Gasteiger partial charge on any atom is 0.419 e. The summed E-state index contributed by atoms with van der Waals surface area (Å²) in [5, 5.41) is 6.35. The molecule has 0 bridgehead atoms. The molecule has 6 rings (SSSR count). The van der Waals surface area contributed by atoms with Crippen LogP contribution in [-0.2, 0) is 45.1 Å². The first-order chi connectivity index (χ1) is 22.5. The highest BCUT2D eigenvalue weighted by atomic mass is 16.6. The second-order valence-electron chi connectivity index (χ2n) is 10.9. The van der Waals surface area contributed by atoms with Gasteiger partial charge in [-0.3, -0.25) is 10.6 Å². The fraction of sp³-hybridized carbons (Fsp3) is 0.278. The molecule has 2 atom stereocenters. The topological polar surface area (TPSA) is 114 Å². The lowest BCUT2D eigenvalue weighted by molar-refractivity contribution is -0.177. The largest absolute Gasteiger partial charge is 0.493 e. The van der Waals surface area contributed by atoms with Gasteiger partial charge in [0.25, 0.3) is 0 Å². The Morgan fingerprint density at radius 1 is 0.609 bits per heavy atom. The molecule has 2 N–H and O–H groups in total. The van der Waals surface area contributed by atoms with Crippen LogP contribution < -0.4 is 29.6 Å². The highest BCUT2D eigenvalue weighted by molar-refractivity contribution is 6.29. The Bertz CT molecular complexity index is 1550. The highest BCUT2D eigenvalue weighted by Gasteiger charge is 2.32. The van der Waals surface area contributed by atoms with Crippen LogP contribution in [0.1, 0.15) is 45.8 Å². The lowest BCUT2D eigenvalue weighted by Crippen LogP contribution is -2.38. The Hall–Kier alpha value is -5.06. The summed E-state index contributed by atoms with van der Waals surface area (Å²) in [7, 11) is 3.16. The van der Waals surface area contributed by atoms with Crippen LogP contribution in [0.25, 0.3) is 0 Å². The standard InChI is InChI=1S/C36H36N2O8/c1-41-29-17-25-13-15-37-33(27(25)19-31(29)43-21-23-9-5-3-6-10-23)45-35(39)36(40)46-34-28-20-32(44-22-24-11-7-4-8-12-24)30(42-2)18-26(28)14-16-38-34/h3-12,17-20,33-34,37-38H,13-16,21-22H2,1-2H3. The monoisotopic (exact) mass is 624 g/mol. The van der Waals surface area contributed by atoms with Crippen LogP contribution in [-0.4, -0.2) is 39.2 Å². The van der Waals surface area contributed by atoms with Crippen molar-refractivity contribution in [1.29, 1.82) is 0 Å². The molecule has 4 aromatic carbocycles. The van der Waals surface area contributed by atoms with Gasteiger partial charge in [0.05, 0.1) is 14.2 Å². The summed E-state index contributed by atoms with van der Waals surface area (Å²) in [6, 6.07) is 26.9. The van der Waals surface area contributed by atoms with Crippen LogP contribution in [0.5, 0.6) is 23.0 Å². The molecule has 0 saturated carbocycles. The van der Waals surface area contributed by atoms with Crippen molar-refractivity contribution < 1.29 is 38.0 Å². The summed E-state index contributed by atoms with van der Waals surface area (Å²) in [6.45, 7) is 1.75. The van der Waals surface area contributed by atoms with Gasteiger partial charge in [-0.2, -0.15) is 0 Å². The molecule has 4 aromatic rings. The summed E-state index contributed by atoms with van der Waals surface area (Å²) >= 11 is 0. The molecule has 0 aliphatic carbocycles. The van der Waals surface area contributed by atoms with Crippen LogP contribution in [0.2, 0.25) is 0 Å². The number of fused-ring (bicyclic) bond motifs is 2.